The highest BCUT2D eigenvalue weighted by Gasteiger charge is 2.17. The quantitative estimate of drug-likeness (QED) is 0.881. The number of rotatable bonds is 6. The third-order valence-electron chi connectivity index (χ3n) is 3.62. The van der Waals surface area contributed by atoms with Gasteiger partial charge in [0.2, 0.25) is 5.88 Å². The summed E-state index contributed by atoms with van der Waals surface area (Å²) in [5, 5.41) is 2.90. The Labute approximate surface area is 139 Å². The van der Waals surface area contributed by atoms with Gasteiger partial charge in [-0.1, -0.05) is 0 Å². The molecule has 23 heavy (non-hydrogen) atoms. The van der Waals surface area contributed by atoms with E-state index in [0.29, 0.717) is 18.0 Å². The zero-order valence-corrected chi connectivity index (χ0v) is 13.6. The highest BCUT2D eigenvalue weighted by atomic mass is 32.2. The lowest BCUT2D eigenvalue weighted by atomic mass is 10.2. The van der Waals surface area contributed by atoms with Crippen molar-refractivity contribution in [2.45, 2.75) is 18.9 Å². The van der Waals surface area contributed by atoms with Gasteiger partial charge >= 0.3 is 0 Å². The zero-order valence-electron chi connectivity index (χ0n) is 12.8. The molecule has 1 fully saturated rings. The van der Waals surface area contributed by atoms with E-state index in [1.165, 1.54) is 0 Å². The average molecular weight is 329 g/mol. The van der Waals surface area contributed by atoms with Crippen LogP contribution in [0, 0.1) is 0 Å². The van der Waals surface area contributed by atoms with Crippen LogP contribution in [0.15, 0.2) is 42.9 Å². The van der Waals surface area contributed by atoms with Gasteiger partial charge in [0.05, 0.1) is 5.56 Å². The maximum Gasteiger partial charge on any atom is 0.252 e. The fourth-order valence-corrected chi connectivity index (χ4v) is 3.43. The van der Waals surface area contributed by atoms with Gasteiger partial charge in [0.25, 0.3) is 5.91 Å². The van der Waals surface area contributed by atoms with Crippen LogP contribution < -0.4 is 10.1 Å². The van der Waals surface area contributed by atoms with E-state index in [1.54, 1.807) is 30.7 Å². The van der Waals surface area contributed by atoms with Gasteiger partial charge in [0.15, 0.2) is 0 Å². The Kier molecular flexibility index (Phi) is 5.47. The third kappa shape index (κ3) is 4.69. The standard InChI is InChI=1S/C17H19N3O2S/c21-17(19-9-5-13-3-7-18-8-4-13)14-1-2-16(20-11-14)22-15-6-10-23-12-15/h1-4,7-8,11,15H,5-6,9-10,12H2,(H,19,21). The molecule has 0 saturated carbocycles. The minimum atomic E-state index is -0.116. The summed E-state index contributed by atoms with van der Waals surface area (Å²) in [5.74, 6) is 2.63. The molecule has 0 aromatic carbocycles. The molecule has 1 aliphatic heterocycles. The molecule has 1 unspecified atom stereocenters. The molecule has 2 aromatic heterocycles. The predicted octanol–water partition coefficient (Wildman–Crippen LogP) is 2.33. The van der Waals surface area contributed by atoms with Gasteiger partial charge in [0, 0.05) is 37.0 Å². The van der Waals surface area contributed by atoms with E-state index in [0.717, 1.165) is 29.9 Å². The van der Waals surface area contributed by atoms with Crippen LogP contribution in [-0.2, 0) is 6.42 Å². The predicted molar refractivity (Wildman–Crippen MR) is 90.9 cm³/mol. The molecule has 3 heterocycles. The van der Waals surface area contributed by atoms with Crippen LogP contribution in [0.4, 0.5) is 0 Å². The second kappa shape index (κ2) is 7.97. The lowest BCUT2D eigenvalue weighted by Crippen LogP contribution is -2.25. The number of carbonyl (C=O) groups is 1. The molecule has 0 aliphatic carbocycles. The second-order valence-electron chi connectivity index (χ2n) is 5.35. The van der Waals surface area contributed by atoms with Gasteiger partial charge in [-0.15, -0.1) is 0 Å². The molecule has 0 spiro atoms. The van der Waals surface area contributed by atoms with E-state index in [-0.39, 0.29) is 12.0 Å². The van der Waals surface area contributed by atoms with E-state index < -0.39 is 0 Å². The van der Waals surface area contributed by atoms with Crippen LogP contribution in [0.2, 0.25) is 0 Å². The summed E-state index contributed by atoms with van der Waals surface area (Å²) < 4.78 is 5.78. The van der Waals surface area contributed by atoms with E-state index in [9.17, 15) is 4.79 Å². The van der Waals surface area contributed by atoms with Gasteiger partial charge < -0.3 is 10.1 Å². The first-order valence-corrected chi connectivity index (χ1v) is 8.84. The summed E-state index contributed by atoms with van der Waals surface area (Å²) in [4.78, 5) is 20.3. The molecule has 1 aliphatic rings. The maximum atomic E-state index is 12.1. The van der Waals surface area contributed by atoms with Crippen molar-refractivity contribution >= 4 is 17.7 Å². The molecule has 2 aromatic rings. The van der Waals surface area contributed by atoms with Crippen molar-refractivity contribution in [3.63, 3.8) is 0 Å². The number of amides is 1. The van der Waals surface area contributed by atoms with Gasteiger partial charge in [-0.05, 0) is 42.4 Å². The van der Waals surface area contributed by atoms with Crippen molar-refractivity contribution in [1.82, 2.24) is 15.3 Å². The Bertz CT molecular complexity index is 628. The molecule has 120 valence electrons. The number of thioether (sulfide) groups is 1. The Morgan fingerprint density at radius 2 is 2.17 bits per heavy atom. The number of nitrogens with one attached hydrogen (secondary N) is 1. The van der Waals surface area contributed by atoms with Crippen molar-refractivity contribution in [2.75, 3.05) is 18.1 Å². The SMILES string of the molecule is O=C(NCCc1ccncc1)c1ccc(OC2CCSC2)nc1. The van der Waals surface area contributed by atoms with Crippen LogP contribution >= 0.6 is 11.8 Å². The monoisotopic (exact) mass is 329 g/mol. The summed E-state index contributed by atoms with van der Waals surface area (Å²) in [6.45, 7) is 0.584. The largest absolute Gasteiger partial charge is 0.473 e. The van der Waals surface area contributed by atoms with Crippen molar-refractivity contribution in [3.05, 3.63) is 54.0 Å². The van der Waals surface area contributed by atoms with Crippen molar-refractivity contribution in [3.8, 4) is 5.88 Å². The molecular formula is C17H19N3O2S. The van der Waals surface area contributed by atoms with Gasteiger partial charge in [-0.25, -0.2) is 4.98 Å². The van der Waals surface area contributed by atoms with E-state index >= 15 is 0 Å². The minimum absolute atomic E-state index is 0.116. The summed E-state index contributed by atoms with van der Waals surface area (Å²) in [7, 11) is 0. The summed E-state index contributed by atoms with van der Waals surface area (Å²) in [6.07, 6.45) is 7.16. The minimum Gasteiger partial charge on any atom is -0.473 e. The fourth-order valence-electron chi connectivity index (χ4n) is 2.33. The van der Waals surface area contributed by atoms with Crippen molar-refractivity contribution < 1.29 is 9.53 Å². The molecule has 6 heteroatoms. The van der Waals surface area contributed by atoms with Gasteiger partial charge in [-0.2, -0.15) is 11.8 Å². The number of nitrogens with zero attached hydrogens (tertiary/aromatic N) is 2. The Balaban J connectivity index is 1.47. The molecule has 1 atom stereocenters. The van der Waals surface area contributed by atoms with E-state index in [4.69, 9.17) is 4.74 Å². The van der Waals surface area contributed by atoms with Gasteiger partial charge in [-0.3, -0.25) is 9.78 Å². The smallest absolute Gasteiger partial charge is 0.252 e. The van der Waals surface area contributed by atoms with Crippen molar-refractivity contribution in [1.29, 1.82) is 0 Å². The summed E-state index contributed by atoms with van der Waals surface area (Å²) in [5.41, 5.74) is 1.70. The normalized spacial score (nSPS) is 17.0. The molecule has 3 rings (SSSR count). The van der Waals surface area contributed by atoms with E-state index in [2.05, 4.69) is 15.3 Å². The highest BCUT2D eigenvalue weighted by Crippen LogP contribution is 2.21. The lowest BCUT2D eigenvalue weighted by molar-refractivity contribution is 0.0953. The second-order valence-corrected chi connectivity index (χ2v) is 6.50. The number of pyridine rings is 2. The lowest BCUT2D eigenvalue weighted by Gasteiger charge is -2.11. The number of hydrogen-bond acceptors (Lipinski definition) is 5. The average Bonchev–Trinajstić information content (AvgIpc) is 3.09. The molecule has 1 N–H and O–H groups in total. The first kappa shape index (κ1) is 15.8. The van der Waals surface area contributed by atoms with Crippen LogP contribution in [0.25, 0.3) is 0 Å². The van der Waals surface area contributed by atoms with Crippen LogP contribution in [0.1, 0.15) is 22.3 Å². The summed E-state index contributed by atoms with van der Waals surface area (Å²) >= 11 is 1.90. The topological polar surface area (TPSA) is 64.1 Å². The molecular weight excluding hydrogens is 310 g/mol. The molecule has 0 bridgehead atoms. The Morgan fingerprint density at radius 1 is 1.30 bits per heavy atom. The van der Waals surface area contributed by atoms with Crippen LogP contribution in [-0.4, -0.2) is 40.0 Å². The number of hydrogen-bond donors (Lipinski definition) is 1. The third-order valence-corrected chi connectivity index (χ3v) is 4.75. The Morgan fingerprint density at radius 3 is 2.87 bits per heavy atom. The summed E-state index contributed by atoms with van der Waals surface area (Å²) in [6, 6.07) is 7.41. The first-order chi connectivity index (χ1) is 11.3. The highest BCUT2D eigenvalue weighted by molar-refractivity contribution is 7.99. The number of carbonyl (C=O) groups excluding carboxylic acids is 1. The molecule has 5 nitrogen and oxygen atoms in total. The number of aromatic nitrogens is 2. The Hall–Kier alpha value is -2.08. The molecule has 1 saturated heterocycles. The van der Waals surface area contributed by atoms with Gasteiger partial charge in [0.1, 0.15) is 6.10 Å². The maximum absolute atomic E-state index is 12.1. The number of ether oxygens (including phenoxy) is 1. The first-order valence-electron chi connectivity index (χ1n) is 7.69. The fraction of sp³-hybridized carbons (Fsp3) is 0.353. The van der Waals surface area contributed by atoms with E-state index in [1.807, 2.05) is 23.9 Å². The van der Waals surface area contributed by atoms with Crippen LogP contribution in [0.5, 0.6) is 5.88 Å². The van der Waals surface area contributed by atoms with Crippen molar-refractivity contribution in [2.24, 2.45) is 0 Å². The van der Waals surface area contributed by atoms with Crippen LogP contribution in [0.3, 0.4) is 0 Å². The molecule has 1 amide bonds. The zero-order chi connectivity index (χ0) is 15.9. The molecule has 0 radical (unpaired) electrons.